The lowest BCUT2D eigenvalue weighted by Crippen LogP contribution is -2.44. The van der Waals surface area contributed by atoms with Gasteiger partial charge in [-0.05, 0) is 65.5 Å². The summed E-state index contributed by atoms with van der Waals surface area (Å²) in [6.07, 6.45) is 9.82. The van der Waals surface area contributed by atoms with Gasteiger partial charge in [0.1, 0.15) is 0 Å². The third kappa shape index (κ3) is 3.21. The van der Waals surface area contributed by atoms with E-state index in [2.05, 4.69) is 24.1 Å². The summed E-state index contributed by atoms with van der Waals surface area (Å²) in [4.78, 5) is 2.73. The van der Waals surface area contributed by atoms with Crippen LogP contribution in [0.15, 0.2) is 0 Å². The summed E-state index contributed by atoms with van der Waals surface area (Å²) in [6, 6.07) is 2.47. The molecular weight excluding hydrogens is 196 g/mol. The molecule has 16 heavy (non-hydrogen) atoms. The fourth-order valence-corrected chi connectivity index (χ4v) is 3.44. The van der Waals surface area contributed by atoms with Gasteiger partial charge in [-0.25, -0.2) is 0 Å². The maximum Gasteiger partial charge on any atom is 0.00697 e. The van der Waals surface area contributed by atoms with Crippen LogP contribution < -0.4 is 5.32 Å². The molecule has 3 unspecified atom stereocenters. The smallest absolute Gasteiger partial charge is 0.00697 e. The minimum Gasteiger partial charge on any atom is -0.314 e. The molecule has 2 heteroatoms. The standard InChI is InChI=1S/C14H28N2/c1-12-6-3-7-13(2)16(12)11-5-9-14-8-4-10-15-14/h12-15H,3-11H2,1-2H3. The van der Waals surface area contributed by atoms with E-state index in [1.165, 1.54) is 58.0 Å². The van der Waals surface area contributed by atoms with Crippen molar-refractivity contribution in [2.75, 3.05) is 13.1 Å². The summed E-state index contributed by atoms with van der Waals surface area (Å²) < 4.78 is 0. The Labute approximate surface area is 101 Å². The molecule has 3 atom stereocenters. The Bertz CT molecular complexity index is 189. The molecule has 2 rings (SSSR count). The molecule has 0 amide bonds. The van der Waals surface area contributed by atoms with E-state index in [0.717, 1.165) is 18.1 Å². The SMILES string of the molecule is CC1CCCC(C)N1CCCC1CCCN1. The topological polar surface area (TPSA) is 15.3 Å². The first-order valence-corrected chi connectivity index (χ1v) is 7.26. The minimum atomic E-state index is 0.820. The molecule has 0 aromatic heterocycles. The van der Waals surface area contributed by atoms with Crippen molar-refractivity contribution in [1.29, 1.82) is 0 Å². The lowest BCUT2D eigenvalue weighted by molar-refractivity contribution is 0.100. The number of nitrogens with zero attached hydrogens (tertiary/aromatic N) is 1. The average molecular weight is 224 g/mol. The van der Waals surface area contributed by atoms with E-state index < -0.39 is 0 Å². The van der Waals surface area contributed by atoms with Crippen molar-refractivity contribution in [2.45, 2.75) is 76.9 Å². The molecule has 2 heterocycles. The van der Waals surface area contributed by atoms with Gasteiger partial charge < -0.3 is 5.32 Å². The summed E-state index contributed by atoms with van der Waals surface area (Å²) >= 11 is 0. The summed E-state index contributed by atoms with van der Waals surface area (Å²) in [6.45, 7) is 7.38. The zero-order valence-corrected chi connectivity index (χ0v) is 11.0. The second kappa shape index (κ2) is 6.02. The number of hydrogen-bond acceptors (Lipinski definition) is 2. The number of rotatable bonds is 4. The van der Waals surface area contributed by atoms with Crippen LogP contribution in [-0.2, 0) is 0 Å². The van der Waals surface area contributed by atoms with E-state index in [9.17, 15) is 0 Å². The molecule has 0 bridgehead atoms. The molecule has 0 aliphatic carbocycles. The highest BCUT2D eigenvalue weighted by molar-refractivity contribution is 4.80. The Balaban J connectivity index is 1.67. The third-order valence-electron chi connectivity index (χ3n) is 4.51. The Morgan fingerprint density at radius 2 is 1.81 bits per heavy atom. The molecule has 0 aromatic carbocycles. The molecule has 2 saturated heterocycles. The second-order valence-corrected chi connectivity index (χ2v) is 5.80. The number of nitrogens with one attached hydrogen (secondary N) is 1. The number of likely N-dealkylation sites (tertiary alicyclic amines) is 1. The van der Waals surface area contributed by atoms with Crippen LogP contribution in [0.2, 0.25) is 0 Å². The van der Waals surface area contributed by atoms with Crippen LogP contribution in [0.1, 0.15) is 58.8 Å². The van der Waals surface area contributed by atoms with Crippen LogP contribution in [0.5, 0.6) is 0 Å². The Kier molecular flexibility index (Phi) is 4.66. The lowest BCUT2D eigenvalue weighted by atomic mass is 9.97. The zero-order valence-electron chi connectivity index (χ0n) is 11.0. The van der Waals surface area contributed by atoms with Crippen LogP contribution in [0.4, 0.5) is 0 Å². The van der Waals surface area contributed by atoms with Gasteiger partial charge in [0.15, 0.2) is 0 Å². The van der Waals surface area contributed by atoms with E-state index in [1.54, 1.807) is 0 Å². The van der Waals surface area contributed by atoms with Gasteiger partial charge in [0.05, 0.1) is 0 Å². The summed E-state index contributed by atoms with van der Waals surface area (Å²) in [5.74, 6) is 0. The molecule has 2 aliphatic rings. The van der Waals surface area contributed by atoms with Gasteiger partial charge in [-0.2, -0.15) is 0 Å². The summed E-state index contributed by atoms with van der Waals surface area (Å²) in [5.41, 5.74) is 0. The Hall–Kier alpha value is -0.0800. The molecule has 0 radical (unpaired) electrons. The quantitative estimate of drug-likeness (QED) is 0.790. The first kappa shape index (κ1) is 12.4. The maximum absolute atomic E-state index is 3.60. The number of piperidine rings is 1. The molecule has 2 aliphatic heterocycles. The monoisotopic (exact) mass is 224 g/mol. The fourth-order valence-electron chi connectivity index (χ4n) is 3.44. The molecule has 2 nitrogen and oxygen atoms in total. The van der Waals surface area contributed by atoms with Crippen molar-refractivity contribution < 1.29 is 0 Å². The second-order valence-electron chi connectivity index (χ2n) is 5.80. The Morgan fingerprint density at radius 1 is 1.06 bits per heavy atom. The van der Waals surface area contributed by atoms with E-state index in [0.29, 0.717) is 0 Å². The summed E-state index contributed by atoms with van der Waals surface area (Å²) in [5, 5.41) is 3.60. The van der Waals surface area contributed by atoms with Crippen molar-refractivity contribution in [3.8, 4) is 0 Å². The van der Waals surface area contributed by atoms with Crippen molar-refractivity contribution in [2.24, 2.45) is 0 Å². The normalized spacial score (nSPS) is 36.8. The largest absolute Gasteiger partial charge is 0.314 e. The van der Waals surface area contributed by atoms with Crippen molar-refractivity contribution in [3.63, 3.8) is 0 Å². The highest BCUT2D eigenvalue weighted by Gasteiger charge is 2.24. The van der Waals surface area contributed by atoms with Gasteiger partial charge in [0.25, 0.3) is 0 Å². The Morgan fingerprint density at radius 3 is 2.44 bits per heavy atom. The molecule has 94 valence electrons. The minimum absolute atomic E-state index is 0.820. The average Bonchev–Trinajstić information content (AvgIpc) is 2.75. The van der Waals surface area contributed by atoms with E-state index in [1.807, 2.05) is 0 Å². The van der Waals surface area contributed by atoms with Crippen LogP contribution >= 0.6 is 0 Å². The predicted octanol–water partition coefficient (Wildman–Crippen LogP) is 2.78. The van der Waals surface area contributed by atoms with E-state index in [-0.39, 0.29) is 0 Å². The zero-order chi connectivity index (χ0) is 11.4. The fraction of sp³-hybridized carbons (Fsp3) is 1.00. The summed E-state index contributed by atoms with van der Waals surface area (Å²) in [7, 11) is 0. The maximum atomic E-state index is 3.60. The molecule has 0 aromatic rings. The van der Waals surface area contributed by atoms with Crippen LogP contribution in [0.25, 0.3) is 0 Å². The molecule has 0 spiro atoms. The molecule has 0 saturated carbocycles. The van der Waals surface area contributed by atoms with E-state index >= 15 is 0 Å². The van der Waals surface area contributed by atoms with Gasteiger partial charge in [-0.15, -0.1) is 0 Å². The van der Waals surface area contributed by atoms with Gasteiger partial charge in [0, 0.05) is 18.1 Å². The van der Waals surface area contributed by atoms with Gasteiger partial charge in [0.2, 0.25) is 0 Å². The van der Waals surface area contributed by atoms with E-state index in [4.69, 9.17) is 0 Å². The first-order valence-electron chi connectivity index (χ1n) is 7.26. The first-order chi connectivity index (χ1) is 7.77. The predicted molar refractivity (Wildman–Crippen MR) is 69.7 cm³/mol. The van der Waals surface area contributed by atoms with Crippen LogP contribution in [0.3, 0.4) is 0 Å². The van der Waals surface area contributed by atoms with Gasteiger partial charge in [-0.3, -0.25) is 4.90 Å². The third-order valence-corrected chi connectivity index (χ3v) is 4.51. The molecule has 1 N–H and O–H groups in total. The van der Waals surface area contributed by atoms with Crippen molar-refractivity contribution in [1.82, 2.24) is 10.2 Å². The molecular formula is C14H28N2. The van der Waals surface area contributed by atoms with Crippen molar-refractivity contribution >= 4 is 0 Å². The molecule has 2 fully saturated rings. The van der Waals surface area contributed by atoms with Crippen LogP contribution in [0, 0.1) is 0 Å². The van der Waals surface area contributed by atoms with Crippen molar-refractivity contribution in [3.05, 3.63) is 0 Å². The highest BCUT2D eigenvalue weighted by Crippen LogP contribution is 2.23. The number of hydrogen-bond donors (Lipinski definition) is 1. The van der Waals surface area contributed by atoms with Gasteiger partial charge >= 0.3 is 0 Å². The van der Waals surface area contributed by atoms with Crippen LogP contribution in [-0.4, -0.2) is 36.1 Å². The lowest BCUT2D eigenvalue weighted by Gasteiger charge is -2.39. The highest BCUT2D eigenvalue weighted by atomic mass is 15.2. The van der Waals surface area contributed by atoms with Gasteiger partial charge in [-0.1, -0.05) is 6.42 Å².